The van der Waals surface area contributed by atoms with Gasteiger partial charge >= 0.3 is 0 Å². The molecule has 1 atom stereocenters. The molecule has 5 nitrogen and oxygen atoms in total. The van der Waals surface area contributed by atoms with Crippen molar-refractivity contribution in [2.75, 3.05) is 53.0 Å². The molecule has 2 fully saturated rings. The van der Waals surface area contributed by atoms with Crippen LogP contribution in [0.15, 0.2) is 4.99 Å². The van der Waals surface area contributed by atoms with Crippen molar-refractivity contribution < 1.29 is 4.74 Å². The smallest absolute Gasteiger partial charge is 0.191 e. The first-order valence-electron chi connectivity index (χ1n) is 9.91. The number of aliphatic imine (C=N–C) groups is 1. The number of hydrogen-bond acceptors (Lipinski definition) is 3. The van der Waals surface area contributed by atoms with Crippen LogP contribution in [-0.4, -0.2) is 63.8 Å². The van der Waals surface area contributed by atoms with Crippen molar-refractivity contribution in [2.24, 2.45) is 16.3 Å². The Bertz CT molecular complexity index is 382. The molecule has 0 radical (unpaired) electrons. The second-order valence-corrected chi connectivity index (χ2v) is 7.77. The Morgan fingerprint density at radius 1 is 1.29 bits per heavy atom. The fourth-order valence-electron chi connectivity index (χ4n) is 3.89. The van der Waals surface area contributed by atoms with Gasteiger partial charge in [-0.3, -0.25) is 4.99 Å². The molecule has 0 bridgehead atoms. The molecule has 0 aromatic carbocycles. The summed E-state index contributed by atoms with van der Waals surface area (Å²) in [4.78, 5) is 7.46. The van der Waals surface area contributed by atoms with Crippen molar-refractivity contribution in [1.29, 1.82) is 0 Å². The first kappa shape index (κ1) is 19.5. The van der Waals surface area contributed by atoms with Crippen LogP contribution >= 0.6 is 0 Å². The first-order chi connectivity index (χ1) is 11.7. The molecule has 0 aromatic rings. The Balaban J connectivity index is 1.75. The summed E-state index contributed by atoms with van der Waals surface area (Å²) in [5.74, 6) is 1.83. The highest BCUT2D eigenvalue weighted by Crippen LogP contribution is 2.44. The van der Waals surface area contributed by atoms with Crippen molar-refractivity contribution in [1.82, 2.24) is 15.5 Å². The number of methoxy groups -OCH3 is 1. The summed E-state index contributed by atoms with van der Waals surface area (Å²) >= 11 is 0. The normalized spacial score (nSPS) is 24.5. The van der Waals surface area contributed by atoms with Crippen LogP contribution in [0, 0.1) is 11.3 Å². The van der Waals surface area contributed by atoms with Crippen LogP contribution in [0.3, 0.4) is 0 Å². The Hall–Kier alpha value is -0.810. The molecule has 1 unspecified atom stereocenters. The number of nitrogens with zero attached hydrogens (tertiary/aromatic N) is 2. The molecule has 5 heteroatoms. The van der Waals surface area contributed by atoms with Gasteiger partial charge in [-0.25, -0.2) is 0 Å². The minimum absolute atomic E-state index is 0.390. The lowest BCUT2D eigenvalue weighted by molar-refractivity contribution is 0.0778. The summed E-state index contributed by atoms with van der Waals surface area (Å²) < 4.78 is 5.28. The van der Waals surface area contributed by atoms with Gasteiger partial charge in [-0.15, -0.1) is 0 Å². The summed E-state index contributed by atoms with van der Waals surface area (Å²) in [7, 11) is 1.79. The largest absolute Gasteiger partial charge is 0.385 e. The Labute approximate surface area is 148 Å². The monoisotopic (exact) mass is 338 g/mol. The van der Waals surface area contributed by atoms with Gasteiger partial charge in [0, 0.05) is 46.4 Å². The number of guanidine groups is 1. The number of nitrogens with one attached hydrogen (secondary N) is 2. The van der Waals surface area contributed by atoms with E-state index in [-0.39, 0.29) is 0 Å². The third-order valence-electron chi connectivity index (χ3n) is 5.63. The molecule has 140 valence electrons. The van der Waals surface area contributed by atoms with Crippen LogP contribution in [0.4, 0.5) is 0 Å². The molecule has 2 N–H and O–H groups in total. The van der Waals surface area contributed by atoms with E-state index in [1.807, 2.05) is 0 Å². The van der Waals surface area contributed by atoms with E-state index in [1.165, 1.54) is 45.2 Å². The van der Waals surface area contributed by atoms with Gasteiger partial charge < -0.3 is 20.3 Å². The van der Waals surface area contributed by atoms with Gasteiger partial charge in [-0.05, 0) is 56.9 Å². The van der Waals surface area contributed by atoms with E-state index >= 15 is 0 Å². The molecule has 1 saturated carbocycles. The zero-order chi connectivity index (χ0) is 17.3. The minimum Gasteiger partial charge on any atom is -0.385 e. The maximum atomic E-state index is 5.28. The van der Waals surface area contributed by atoms with Crippen molar-refractivity contribution in [3.63, 3.8) is 0 Å². The number of likely N-dealkylation sites (tertiary alicyclic amines) is 1. The van der Waals surface area contributed by atoms with Crippen LogP contribution in [0.25, 0.3) is 0 Å². The standard InChI is InChI=1S/C19H38N4O/c1-4-20-18(21-11-13-23-12-5-7-17(2)15-23)22-16-19(8-6-9-19)10-14-24-3/h17H,4-16H2,1-3H3,(H2,20,21,22). The van der Waals surface area contributed by atoms with Crippen LogP contribution < -0.4 is 10.6 Å². The maximum Gasteiger partial charge on any atom is 0.191 e. The highest BCUT2D eigenvalue weighted by Gasteiger charge is 2.36. The summed E-state index contributed by atoms with van der Waals surface area (Å²) in [6.45, 7) is 11.8. The topological polar surface area (TPSA) is 48.9 Å². The van der Waals surface area contributed by atoms with E-state index in [0.29, 0.717) is 5.41 Å². The third kappa shape index (κ3) is 6.25. The molecular formula is C19H38N4O. The number of hydrogen-bond donors (Lipinski definition) is 2. The van der Waals surface area contributed by atoms with Crippen molar-refractivity contribution >= 4 is 5.96 Å². The molecular weight excluding hydrogens is 300 g/mol. The van der Waals surface area contributed by atoms with Crippen molar-refractivity contribution in [3.8, 4) is 0 Å². The summed E-state index contributed by atoms with van der Waals surface area (Å²) in [5.41, 5.74) is 0.390. The number of piperidine rings is 1. The minimum atomic E-state index is 0.390. The van der Waals surface area contributed by atoms with E-state index in [4.69, 9.17) is 9.73 Å². The van der Waals surface area contributed by atoms with Crippen LogP contribution in [-0.2, 0) is 4.74 Å². The molecule has 1 aliphatic heterocycles. The molecule has 1 aliphatic carbocycles. The van der Waals surface area contributed by atoms with Crippen LogP contribution in [0.5, 0.6) is 0 Å². The second-order valence-electron chi connectivity index (χ2n) is 7.77. The van der Waals surface area contributed by atoms with Gasteiger partial charge in [0.2, 0.25) is 0 Å². The first-order valence-corrected chi connectivity index (χ1v) is 9.91. The van der Waals surface area contributed by atoms with E-state index in [9.17, 15) is 0 Å². The molecule has 1 saturated heterocycles. The Morgan fingerprint density at radius 2 is 2.12 bits per heavy atom. The Morgan fingerprint density at radius 3 is 2.75 bits per heavy atom. The molecule has 2 aliphatic rings. The summed E-state index contributed by atoms with van der Waals surface area (Å²) in [6, 6.07) is 0. The zero-order valence-electron chi connectivity index (χ0n) is 16.1. The van der Waals surface area contributed by atoms with E-state index in [0.717, 1.165) is 51.1 Å². The van der Waals surface area contributed by atoms with E-state index < -0.39 is 0 Å². The van der Waals surface area contributed by atoms with Gasteiger partial charge in [-0.2, -0.15) is 0 Å². The van der Waals surface area contributed by atoms with Gasteiger partial charge in [-0.1, -0.05) is 13.3 Å². The molecule has 0 aromatic heterocycles. The number of ether oxygens (including phenoxy) is 1. The summed E-state index contributed by atoms with van der Waals surface area (Å²) in [5, 5.41) is 6.92. The third-order valence-corrected chi connectivity index (χ3v) is 5.63. The molecule has 24 heavy (non-hydrogen) atoms. The van der Waals surface area contributed by atoms with Gasteiger partial charge in [0.15, 0.2) is 5.96 Å². The predicted octanol–water partition coefficient (Wildman–Crippen LogP) is 2.48. The lowest BCUT2D eigenvalue weighted by atomic mass is 9.67. The number of rotatable bonds is 9. The quantitative estimate of drug-likeness (QED) is 0.501. The van der Waals surface area contributed by atoms with E-state index in [2.05, 4.69) is 29.4 Å². The van der Waals surface area contributed by atoms with Crippen molar-refractivity contribution in [3.05, 3.63) is 0 Å². The second kappa shape index (κ2) is 10.2. The fourth-order valence-corrected chi connectivity index (χ4v) is 3.89. The highest BCUT2D eigenvalue weighted by molar-refractivity contribution is 5.79. The molecule has 0 amide bonds. The highest BCUT2D eigenvalue weighted by atomic mass is 16.5. The predicted molar refractivity (Wildman–Crippen MR) is 102 cm³/mol. The summed E-state index contributed by atoms with van der Waals surface area (Å²) in [6.07, 6.45) is 7.80. The average molecular weight is 339 g/mol. The molecule has 2 rings (SSSR count). The average Bonchev–Trinajstić information content (AvgIpc) is 2.53. The SMILES string of the molecule is CCNC(=NCC1(CCOC)CCC1)NCCN1CCCC(C)C1. The lowest BCUT2D eigenvalue weighted by Crippen LogP contribution is -2.44. The van der Waals surface area contributed by atoms with Gasteiger partial charge in [0.05, 0.1) is 0 Å². The maximum absolute atomic E-state index is 5.28. The zero-order valence-corrected chi connectivity index (χ0v) is 16.1. The Kier molecular flexibility index (Phi) is 8.33. The molecule has 0 spiro atoms. The van der Waals surface area contributed by atoms with Crippen LogP contribution in [0.1, 0.15) is 52.4 Å². The fraction of sp³-hybridized carbons (Fsp3) is 0.947. The van der Waals surface area contributed by atoms with Gasteiger partial charge in [0.1, 0.15) is 0 Å². The van der Waals surface area contributed by atoms with Gasteiger partial charge in [0.25, 0.3) is 0 Å². The van der Waals surface area contributed by atoms with Crippen molar-refractivity contribution in [2.45, 2.75) is 52.4 Å². The van der Waals surface area contributed by atoms with E-state index in [1.54, 1.807) is 7.11 Å². The van der Waals surface area contributed by atoms with Crippen LogP contribution in [0.2, 0.25) is 0 Å². The lowest BCUT2D eigenvalue weighted by Gasteiger charge is -2.40. The molecule has 1 heterocycles.